The Balaban J connectivity index is 2.04. The lowest BCUT2D eigenvalue weighted by molar-refractivity contribution is -0.121. The first-order valence-corrected chi connectivity index (χ1v) is 7.16. The molecular weight excluding hydrogens is 264 g/mol. The minimum absolute atomic E-state index is 0.0699. The molecule has 0 saturated heterocycles. The van der Waals surface area contributed by atoms with E-state index < -0.39 is 0 Å². The standard InChI is InChI=1S/C16H20N4O/c1-2-18-11-13-4-5-15-14(10-13)6-9-20(15)12-16(21)19-8-3-7-17/h4-6,9-10,18H,2-3,8,11-12H2,1H3,(H,19,21). The molecule has 21 heavy (non-hydrogen) atoms. The lowest BCUT2D eigenvalue weighted by Gasteiger charge is -2.07. The summed E-state index contributed by atoms with van der Waals surface area (Å²) >= 11 is 0. The second-order valence-corrected chi connectivity index (χ2v) is 4.88. The summed E-state index contributed by atoms with van der Waals surface area (Å²) in [6, 6.07) is 10.3. The summed E-state index contributed by atoms with van der Waals surface area (Å²) in [5.41, 5.74) is 2.28. The Kier molecular flexibility index (Phi) is 5.35. The fourth-order valence-electron chi connectivity index (χ4n) is 2.24. The van der Waals surface area contributed by atoms with E-state index in [1.165, 1.54) is 5.56 Å². The zero-order chi connectivity index (χ0) is 15.1. The number of benzene rings is 1. The number of aromatic nitrogens is 1. The molecule has 0 bridgehead atoms. The highest BCUT2D eigenvalue weighted by molar-refractivity contribution is 5.83. The highest BCUT2D eigenvalue weighted by atomic mass is 16.1. The van der Waals surface area contributed by atoms with Crippen molar-refractivity contribution in [3.8, 4) is 6.07 Å². The van der Waals surface area contributed by atoms with Crippen LogP contribution in [0.5, 0.6) is 0 Å². The van der Waals surface area contributed by atoms with Crippen LogP contribution >= 0.6 is 0 Å². The van der Waals surface area contributed by atoms with E-state index in [-0.39, 0.29) is 12.5 Å². The fraction of sp³-hybridized carbons (Fsp3) is 0.375. The number of carbonyl (C=O) groups excluding carboxylic acids is 1. The van der Waals surface area contributed by atoms with Crippen LogP contribution in [0, 0.1) is 11.3 Å². The van der Waals surface area contributed by atoms with Crippen molar-refractivity contribution >= 4 is 16.8 Å². The molecule has 0 fully saturated rings. The molecule has 5 heteroatoms. The van der Waals surface area contributed by atoms with E-state index in [0.29, 0.717) is 13.0 Å². The topological polar surface area (TPSA) is 69.8 Å². The van der Waals surface area contributed by atoms with Crippen molar-refractivity contribution in [2.45, 2.75) is 26.4 Å². The van der Waals surface area contributed by atoms with Gasteiger partial charge in [0.2, 0.25) is 5.91 Å². The Morgan fingerprint density at radius 2 is 2.24 bits per heavy atom. The highest BCUT2D eigenvalue weighted by Crippen LogP contribution is 2.17. The zero-order valence-electron chi connectivity index (χ0n) is 12.2. The van der Waals surface area contributed by atoms with Crippen LogP contribution in [-0.2, 0) is 17.9 Å². The third kappa shape index (κ3) is 4.07. The van der Waals surface area contributed by atoms with Gasteiger partial charge in [-0.2, -0.15) is 5.26 Å². The number of hydrogen-bond acceptors (Lipinski definition) is 3. The number of amides is 1. The average molecular weight is 284 g/mol. The van der Waals surface area contributed by atoms with Crippen molar-refractivity contribution in [1.29, 1.82) is 5.26 Å². The monoisotopic (exact) mass is 284 g/mol. The molecule has 0 unspecified atom stereocenters. The van der Waals surface area contributed by atoms with Gasteiger partial charge in [-0.05, 0) is 35.7 Å². The molecule has 0 radical (unpaired) electrons. The minimum atomic E-state index is -0.0699. The molecule has 2 N–H and O–H groups in total. The summed E-state index contributed by atoms with van der Waals surface area (Å²) in [5, 5.41) is 15.6. The Morgan fingerprint density at radius 3 is 3.00 bits per heavy atom. The number of nitriles is 1. The number of nitrogens with one attached hydrogen (secondary N) is 2. The van der Waals surface area contributed by atoms with Crippen molar-refractivity contribution in [1.82, 2.24) is 15.2 Å². The van der Waals surface area contributed by atoms with Gasteiger partial charge in [-0.1, -0.05) is 13.0 Å². The molecule has 5 nitrogen and oxygen atoms in total. The van der Waals surface area contributed by atoms with E-state index in [2.05, 4.69) is 29.7 Å². The molecule has 0 atom stereocenters. The highest BCUT2D eigenvalue weighted by Gasteiger charge is 2.06. The molecular formula is C16H20N4O. The molecule has 0 spiro atoms. The van der Waals surface area contributed by atoms with Crippen LogP contribution < -0.4 is 10.6 Å². The predicted octanol–water partition coefficient (Wildman–Crippen LogP) is 1.78. The summed E-state index contributed by atoms with van der Waals surface area (Å²) in [5.74, 6) is -0.0699. The van der Waals surface area contributed by atoms with Gasteiger partial charge < -0.3 is 15.2 Å². The largest absolute Gasteiger partial charge is 0.354 e. The second-order valence-electron chi connectivity index (χ2n) is 4.88. The molecule has 1 aromatic carbocycles. The first kappa shape index (κ1) is 15.1. The summed E-state index contributed by atoms with van der Waals surface area (Å²) in [7, 11) is 0. The van der Waals surface area contributed by atoms with E-state index >= 15 is 0 Å². The van der Waals surface area contributed by atoms with Gasteiger partial charge in [0.25, 0.3) is 0 Å². The Labute approximate surface area is 124 Å². The van der Waals surface area contributed by atoms with Gasteiger partial charge in [-0.3, -0.25) is 4.79 Å². The van der Waals surface area contributed by atoms with Crippen LogP contribution in [0.1, 0.15) is 18.9 Å². The van der Waals surface area contributed by atoms with E-state index in [1.807, 2.05) is 29.0 Å². The molecule has 2 rings (SSSR count). The van der Waals surface area contributed by atoms with Gasteiger partial charge in [0, 0.05) is 24.8 Å². The number of nitrogens with zero attached hydrogens (tertiary/aromatic N) is 2. The molecule has 0 aliphatic rings. The Bertz CT molecular complexity index is 654. The van der Waals surface area contributed by atoms with E-state index in [9.17, 15) is 4.79 Å². The maximum atomic E-state index is 11.8. The Morgan fingerprint density at radius 1 is 1.38 bits per heavy atom. The van der Waals surface area contributed by atoms with Crippen LogP contribution in [0.15, 0.2) is 30.5 Å². The normalized spacial score (nSPS) is 10.5. The lowest BCUT2D eigenvalue weighted by Crippen LogP contribution is -2.27. The number of rotatable bonds is 7. The third-order valence-corrected chi connectivity index (χ3v) is 3.29. The summed E-state index contributed by atoms with van der Waals surface area (Å²) in [6.07, 6.45) is 2.26. The van der Waals surface area contributed by atoms with Gasteiger partial charge >= 0.3 is 0 Å². The van der Waals surface area contributed by atoms with Crippen molar-refractivity contribution in [2.75, 3.05) is 13.1 Å². The molecule has 2 aromatic rings. The number of carbonyl (C=O) groups is 1. The van der Waals surface area contributed by atoms with Crippen molar-refractivity contribution in [3.05, 3.63) is 36.0 Å². The van der Waals surface area contributed by atoms with E-state index in [1.54, 1.807) is 0 Å². The van der Waals surface area contributed by atoms with Crippen LogP contribution in [-0.4, -0.2) is 23.6 Å². The maximum absolute atomic E-state index is 11.8. The van der Waals surface area contributed by atoms with Crippen molar-refractivity contribution < 1.29 is 4.79 Å². The summed E-state index contributed by atoms with van der Waals surface area (Å²) in [4.78, 5) is 11.8. The lowest BCUT2D eigenvalue weighted by atomic mass is 10.1. The van der Waals surface area contributed by atoms with Crippen molar-refractivity contribution in [3.63, 3.8) is 0 Å². The van der Waals surface area contributed by atoms with Crippen molar-refractivity contribution in [2.24, 2.45) is 0 Å². The van der Waals surface area contributed by atoms with Gasteiger partial charge in [0.05, 0.1) is 12.5 Å². The minimum Gasteiger partial charge on any atom is -0.354 e. The maximum Gasteiger partial charge on any atom is 0.239 e. The smallest absolute Gasteiger partial charge is 0.239 e. The van der Waals surface area contributed by atoms with Crippen LogP contribution in [0.25, 0.3) is 10.9 Å². The molecule has 1 aromatic heterocycles. The van der Waals surface area contributed by atoms with E-state index in [0.717, 1.165) is 24.0 Å². The van der Waals surface area contributed by atoms with Gasteiger partial charge in [-0.15, -0.1) is 0 Å². The summed E-state index contributed by atoms with van der Waals surface area (Å²) in [6.45, 7) is 4.57. The molecule has 110 valence electrons. The van der Waals surface area contributed by atoms with Crippen LogP contribution in [0.2, 0.25) is 0 Å². The number of hydrogen-bond donors (Lipinski definition) is 2. The summed E-state index contributed by atoms with van der Waals surface area (Å²) < 4.78 is 1.92. The van der Waals surface area contributed by atoms with Crippen LogP contribution in [0.3, 0.4) is 0 Å². The second kappa shape index (κ2) is 7.46. The number of fused-ring (bicyclic) bond motifs is 1. The quantitative estimate of drug-likeness (QED) is 0.761. The van der Waals surface area contributed by atoms with Crippen LogP contribution in [0.4, 0.5) is 0 Å². The predicted molar refractivity (Wildman–Crippen MR) is 82.6 cm³/mol. The molecule has 0 aliphatic carbocycles. The molecule has 0 saturated carbocycles. The van der Waals surface area contributed by atoms with Gasteiger partial charge in [0.15, 0.2) is 0 Å². The first-order chi connectivity index (χ1) is 10.2. The van der Waals surface area contributed by atoms with E-state index in [4.69, 9.17) is 5.26 Å². The Hall–Kier alpha value is -2.32. The average Bonchev–Trinajstić information content (AvgIpc) is 2.88. The van der Waals surface area contributed by atoms with Gasteiger partial charge in [0.1, 0.15) is 6.54 Å². The fourth-order valence-corrected chi connectivity index (χ4v) is 2.24. The molecule has 1 heterocycles. The SMILES string of the molecule is CCNCc1ccc2c(ccn2CC(=O)NCCC#N)c1. The zero-order valence-corrected chi connectivity index (χ0v) is 12.2. The third-order valence-electron chi connectivity index (χ3n) is 3.29. The van der Waals surface area contributed by atoms with Gasteiger partial charge in [-0.25, -0.2) is 0 Å². The molecule has 0 aliphatic heterocycles. The first-order valence-electron chi connectivity index (χ1n) is 7.16. The molecule has 1 amide bonds.